The minimum Gasteiger partial charge on any atom is -0.479 e. The first-order valence-corrected chi connectivity index (χ1v) is 5.69. The third kappa shape index (κ3) is 0.982. The molecule has 0 radical (unpaired) electrons. The van der Waals surface area contributed by atoms with Crippen LogP contribution in [0.5, 0.6) is 0 Å². The van der Waals surface area contributed by atoms with Crippen molar-refractivity contribution < 1.29 is 19.5 Å². The van der Waals surface area contributed by atoms with Crippen molar-refractivity contribution >= 4 is 17.8 Å². The predicted molar refractivity (Wildman–Crippen MR) is 52.3 cm³/mol. The van der Waals surface area contributed by atoms with E-state index in [-0.39, 0.29) is 23.7 Å². The van der Waals surface area contributed by atoms with Crippen LogP contribution >= 0.6 is 0 Å². The first-order chi connectivity index (χ1) is 7.58. The van der Waals surface area contributed by atoms with Gasteiger partial charge in [-0.1, -0.05) is 6.42 Å². The van der Waals surface area contributed by atoms with Crippen LogP contribution in [0.25, 0.3) is 0 Å². The number of imide groups is 1. The number of hydrogen-bond donors (Lipinski definition) is 1. The fraction of sp³-hybridized carbons (Fsp3) is 0.727. The molecular weight excluding hydrogens is 210 g/mol. The van der Waals surface area contributed by atoms with Gasteiger partial charge in [-0.2, -0.15) is 0 Å². The molecule has 1 heterocycles. The predicted octanol–water partition coefficient (Wildman–Crippen LogP) is 0.389. The summed E-state index contributed by atoms with van der Waals surface area (Å²) in [5.74, 6) is -1.98. The van der Waals surface area contributed by atoms with Gasteiger partial charge >= 0.3 is 5.97 Å². The van der Waals surface area contributed by atoms with Gasteiger partial charge < -0.3 is 5.11 Å². The third-order valence-electron chi connectivity index (χ3n) is 4.14. The molecule has 3 aliphatic rings. The Morgan fingerprint density at radius 2 is 1.69 bits per heavy atom. The minimum absolute atomic E-state index is 0.232. The van der Waals surface area contributed by atoms with Crippen LogP contribution in [0.4, 0.5) is 0 Å². The molecular formula is C11H13NO4. The van der Waals surface area contributed by atoms with E-state index in [0.717, 1.165) is 24.2 Å². The van der Waals surface area contributed by atoms with Crippen LogP contribution in [0, 0.1) is 11.8 Å². The number of carboxylic acids is 1. The number of nitrogens with zero attached hydrogens (tertiary/aromatic N) is 1. The Balaban J connectivity index is 1.96. The molecule has 2 amide bonds. The molecule has 3 fully saturated rings. The molecule has 0 spiro atoms. The van der Waals surface area contributed by atoms with Gasteiger partial charge in [0, 0.05) is 0 Å². The fourth-order valence-corrected chi connectivity index (χ4v) is 3.06. The Morgan fingerprint density at radius 1 is 1.19 bits per heavy atom. The number of likely N-dealkylation sites (tertiary alicyclic amines) is 1. The molecule has 2 unspecified atom stereocenters. The second-order valence-electron chi connectivity index (χ2n) is 4.99. The summed E-state index contributed by atoms with van der Waals surface area (Å²) in [6.07, 6.45) is 3.21. The number of amides is 2. The van der Waals surface area contributed by atoms with Crippen molar-refractivity contribution in [3.05, 3.63) is 0 Å². The molecule has 86 valence electrons. The number of aliphatic carboxylic acids is 1. The van der Waals surface area contributed by atoms with E-state index in [4.69, 9.17) is 5.11 Å². The number of carbonyl (C=O) groups excluding carboxylic acids is 2. The molecule has 0 aromatic heterocycles. The highest BCUT2D eigenvalue weighted by Gasteiger charge is 2.65. The number of hydrogen-bond acceptors (Lipinski definition) is 3. The highest BCUT2D eigenvalue weighted by Crippen LogP contribution is 2.50. The van der Waals surface area contributed by atoms with Crippen LogP contribution in [0.15, 0.2) is 0 Å². The smallest absolute Gasteiger partial charge is 0.330 e. The maximum absolute atomic E-state index is 12.0. The molecule has 1 saturated heterocycles. The Morgan fingerprint density at radius 3 is 2.06 bits per heavy atom. The van der Waals surface area contributed by atoms with Gasteiger partial charge in [-0.25, -0.2) is 4.79 Å². The average Bonchev–Trinajstić information content (AvgIpc) is 2.81. The van der Waals surface area contributed by atoms with E-state index in [0.29, 0.717) is 12.8 Å². The van der Waals surface area contributed by atoms with Gasteiger partial charge in [0.2, 0.25) is 11.8 Å². The van der Waals surface area contributed by atoms with Crippen LogP contribution in [-0.4, -0.2) is 33.3 Å². The summed E-state index contributed by atoms with van der Waals surface area (Å²) in [6, 6.07) is 0. The Labute approximate surface area is 92.4 Å². The topological polar surface area (TPSA) is 74.7 Å². The lowest BCUT2D eigenvalue weighted by molar-refractivity contribution is -0.157. The molecule has 16 heavy (non-hydrogen) atoms. The Hall–Kier alpha value is -1.39. The number of carboxylic acid groups (broad SMARTS) is 1. The molecule has 2 aliphatic carbocycles. The van der Waals surface area contributed by atoms with Crippen molar-refractivity contribution in [3.8, 4) is 0 Å². The van der Waals surface area contributed by atoms with Gasteiger partial charge in [0.25, 0.3) is 0 Å². The fourth-order valence-electron chi connectivity index (χ4n) is 3.06. The molecule has 0 aromatic rings. The molecule has 1 N–H and O–H groups in total. The van der Waals surface area contributed by atoms with Gasteiger partial charge in [0.05, 0.1) is 11.8 Å². The van der Waals surface area contributed by atoms with Gasteiger partial charge in [-0.05, 0) is 25.7 Å². The van der Waals surface area contributed by atoms with Crippen molar-refractivity contribution in [3.63, 3.8) is 0 Å². The largest absolute Gasteiger partial charge is 0.479 e. The summed E-state index contributed by atoms with van der Waals surface area (Å²) in [6.45, 7) is 0. The molecule has 5 heteroatoms. The van der Waals surface area contributed by atoms with E-state index in [1.165, 1.54) is 0 Å². The zero-order valence-electron chi connectivity index (χ0n) is 8.81. The van der Waals surface area contributed by atoms with Gasteiger partial charge in [0.15, 0.2) is 0 Å². The minimum atomic E-state index is -1.18. The summed E-state index contributed by atoms with van der Waals surface area (Å²) in [7, 11) is 0. The monoisotopic (exact) mass is 223 g/mol. The van der Waals surface area contributed by atoms with Crippen molar-refractivity contribution in [1.82, 2.24) is 4.90 Å². The highest BCUT2D eigenvalue weighted by atomic mass is 16.4. The number of rotatable bonds is 2. The van der Waals surface area contributed by atoms with Gasteiger partial charge in [0.1, 0.15) is 5.54 Å². The second kappa shape index (κ2) is 2.84. The molecule has 3 rings (SSSR count). The number of fused-ring (bicyclic) bond motifs is 1. The lowest BCUT2D eigenvalue weighted by Crippen LogP contribution is -2.48. The Kier molecular flexibility index (Phi) is 1.74. The Bertz CT molecular complexity index is 377. The van der Waals surface area contributed by atoms with E-state index in [1.807, 2.05) is 0 Å². The van der Waals surface area contributed by atoms with Crippen LogP contribution < -0.4 is 0 Å². The summed E-state index contributed by atoms with van der Waals surface area (Å²) in [4.78, 5) is 36.3. The summed E-state index contributed by atoms with van der Waals surface area (Å²) in [5, 5.41) is 9.12. The van der Waals surface area contributed by atoms with E-state index in [1.54, 1.807) is 0 Å². The van der Waals surface area contributed by atoms with E-state index in [9.17, 15) is 14.4 Å². The lowest BCUT2D eigenvalue weighted by Gasteiger charge is -2.23. The quantitative estimate of drug-likeness (QED) is 0.687. The van der Waals surface area contributed by atoms with Crippen molar-refractivity contribution in [2.75, 3.05) is 0 Å². The average molecular weight is 223 g/mol. The summed E-state index contributed by atoms with van der Waals surface area (Å²) < 4.78 is 0. The van der Waals surface area contributed by atoms with Crippen molar-refractivity contribution in [2.45, 2.75) is 37.6 Å². The zero-order valence-corrected chi connectivity index (χ0v) is 8.81. The van der Waals surface area contributed by atoms with Crippen LogP contribution in [0.2, 0.25) is 0 Å². The first kappa shape index (κ1) is 9.81. The first-order valence-electron chi connectivity index (χ1n) is 5.69. The van der Waals surface area contributed by atoms with E-state index < -0.39 is 11.5 Å². The molecule has 2 atom stereocenters. The maximum atomic E-state index is 12.0. The number of carbonyl (C=O) groups is 3. The molecule has 1 aliphatic heterocycles. The maximum Gasteiger partial charge on any atom is 0.330 e. The normalized spacial score (nSPS) is 35.4. The molecule has 5 nitrogen and oxygen atoms in total. The van der Waals surface area contributed by atoms with Crippen LogP contribution in [-0.2, 0) is 14.4 Å². The van der Waals surface area contributed by atoms with Crippen LogP contribution in [0.1, 0.15) is 32.1 Å². The van der Waals surface area contributed by atoms with E-state index >= 15 is 0 Å². The van der Waals surface area contributed by atoms with Gasteiger partial charge in [-0.15, -0.1) is 0 Å². The zero-order chi connectivity index (χ0) is 11.5. The molecule has 0 bridgehead atoms. The molecule has 2 saturated carbocycles. The standard InChI is InChI=1S/C11H13NO4/c13-8-6-2-1-3-7(6)9(14)12(8)11(4-5-11)10(15)16/h6-7H,1-5H2,(H,15,16). The van der Waals surface area contributed by atoms with Gasteiger partial charge in [-0.3, -0.25) is 14.5 Å². The highest BCUT2D eigenvalue weighted by molar-refractivity contribution is 6.10. The van der Waals surface area contributed by atoms with E-state index in [2.05, 4.69) is 0 Å². The second-order valence-corrected chi connectivity index (χ2v) is 4.99. The molecule has 0 aromatic carbocycles. The third-order valence-corrected chi connectivity index (χ3v) is 4.14. The lowest BCUT2D eigenvalue weighted by atomic mass is 10.00. The summed E-state index contributed by atoms with van der Waals surface area (Å²) in [5.41, 5.74) is -1.18. The SMILES string of the molecule is O=C1C2CCCC2C(=O)N1C1(C(=O)O)CC1. The van der Waals surface area contributed by atoms with Crippen molar-refractivity contribution in [1.29, 1.82) is 0 Å². The van der Waals surface area contributed by atoms with Crippen LogP contribution in [0.3, 0.4) is 0 Å². The summed E-state index contributed by atoms with van der Waals surface area (Å²) >= 11 is 0. The van der Waals surface area contributed by atoms with Crippen molar-refractivity contribution in [2.24, 2.45) is 11.8 Å².